The standard InChI is InChI=1S/C78H84N6O20/c1-6-57-61(48(2)59(81-83-79)76(98-57)102-67-65(93-44-52-32-18-9-19-33-52)62(49(3)97-69(67)74(87)89-4)100-73(86)56-40-26-13-27-41-56)101-78-71(95-46-54-36-22-11-23-37-54)66(94-45-53-34-20-10-21-35-53)68(70(104-78)75(88)90-5)103-77-60(82-84-80)64(92-43-51-30-16-8-17-31-51)63(91-42-50-28-14-7-15-29-50)58(99-77)47-96-72(85)55-38-24-12-25-39-55/h7-41,48-49,57-71,76-78H,6,42-47H2,1-5H3/t48-,49-,57?,58?,59?,60?,61+,62?,63-,64+,65-,66-,67-,68+,69?,70?,71?,76+,77-,78-/m1/s1. The van der Waals surface area contributed by atoms with E-state index < -0.39 is 153 Å². The summed E-state index contributed by atoms with van der Waals surface area (Å²) in [6.45, 7) is 4.53. The Kier molecular flexibility index (Phi) is 27.5. The quantitative estimate of drug-likeness (QED) is 0.0128. The number of esters is 4. The second kappa shape index (κ2) is 37.8. The lowest BCUT2D eigenvalue weighted by atomic mass is 9.87. The molecule has 4 aliphatic heterocycles. The zero-order chi connectivity index (χ0) is 72.7. The topological polar surface area (TPSA) is 313 Å². The maximum Gasteiger partial charge on any atom is 0.338 e. The molecule has 20 atom stereocenters. The van der Waals surface area contributed by atoms with E-state index in [2.05, 4.69) is 20.1 Å². The minimum Gasteiger partial charge on any atom is -0.467 e. The van der Waals surface area contributed by atoms with E-state index in [1.54, 1.807) is 74.5 Å². The normalized spacial score (nSPS) is 28.8. The monoisotopic (exact) mass is 1420 g/mol. The van der Waals surface area contributed by atoms with Gasteiger partial charge in [-0.15, -0.1) is 0 Å². The van der Waals surface area contributed by atoms with Crippen molar-refractivity contribution in [2.45, 2.75) is 177 Å². The molecule has 0 amide bonds. The largest absolute Gasteiger partial charge is 0.467 e. The van der Waals surface area contributed by atoms with E-state index in [1.165, 1.54) is 14.2 Å². The lowest BCUT2D eigenvalue weighted by Gasteiger charge is -2.51. The van der Waals surface area contributed by atoms with E-state index in [0.29, 0.717) is 11.1 Å². The Morgan fingerprint density at radius 3 is 1.20 bits per heavy atom. The van der Waals surface area contributed by atoms with Gasteiger partial charge in [0.25, 0.3) is 0 Å². The minimum atomic E-state index is -1.78. The summed E-state index contributed by atoms with van der Waals surface area (Å²) in [7, 11) is 2.36. The van der Waals surface area contributed by atoms with Crippen LogP contribution in [0.4, 0.5) is 0 Å². The van der Waals surface area contributed by atoms with Crippen molar-refractivity contribution < 1.29 is 95.0 Å². The lowest BCUT2D eigenvalue weighted by Crippen LogP contribution is -2.67. The second-order valence-corrected chi connectivity index (χ2v) is 25.3. The van der Waals surface area contributed by atoms with Gasteiger partial charge in [-0.1, -0.05) is 212 Å². The minimum absolute atomic E-state index is 0.0144. The van der Waals surface area contributed by atoms with Gasteiger partial charge in [0.05, 0.1) is 82.7 Å². The summed E-state index contributed by atoms with van der Waals surface area (Å²) in [5.41, 5.74) is 25.3. The van der Waals surface area contributed by atoms with Crippen molar-refractivity contribution in [3.8, 4) is 0 Å². The third kappa shape index (κ3) is 19.3. The van der Waals surface area contributed by atoms with Gasteiger partial charge in [0.2, 0.25) is 0 Å². The molecule has 0 saturated carbocycles. The molecular formula is C78H84N6O20. The summed E-state index contributed by atoms with van der Waals surface area (Å²) in [5.74, 6) is -4.07. The number of methoxy groups -OCH3 is 2. The van der Waals surface area contributed by atoms with Crippen molar-refractivity contribution in [1.82, 2.24) is 0 Å². The summed E-state index contributed by atoms with van der Waals surface area (Å²) >= 11 is 0. The Labute approximate surface area is 602 Å². The maximum atomic E-state index is 14.9. The molecule has 8 unspecified atom stereocenters. The van der Waals surface area contributed by atoms with Crippen LogP contribution < -0.4 is 0 Å². The van der Waals surface area contributed by atoms with Crippen LogP contribution in [0.5, 0.6) is 0 Å². The summed E-state index contributed by atoms with van der Waals surface area (Å²) in [5, 5.41) is 8.59. The van der Waals surface area contributed by atoms with Crippen LogP contribution in [0.25, 0.3) is 20.9 Å². The first-order valence-corrected chi connectivity index (χ1v) is 34.4. The summed E-state index contributed by atoms with van der Waals surface area (Å²) in [6.07, 6.45) is -22.8. The van der Waals surface area contributed by atoms with Crippen LogP contribution in [0.3, 0.4) is 0 Å². The zero-order valence-electron chi connectivity index (χ0n) is 58.1. The molecule has 4 fully saturated rings. The molecule has 7 aromatic rings. The van der Waals surface area contributed by atoms with Crippen molar-refractivity contribution >= 4 is 23.9 Å². The van der Waals surface area contributed by atoms with Gasteiger partial charge in [-0.3, -0.25) is 0 Å². The van der Waals surface area contributed by atoms with E-state index in [0.717, 1.165) is 16.7 Å². The highest BCUT2D eigenvalue weighted by molar-refractivity contribution is 5.90. The predicted molar refractivity (Wildman–Crippen MR) is 372 cm³/mol. The van der Waals surface area contributed by atoms with Crippen LogP contribution in [0.15, 0.2) is 223 Å². The van der Waals surface area contributed by atoms with Crippen molar-refractivity contribution in [3.05, 3.63) is 272 Å². The molecule has 7 aromatic carbocycles. The number of ether oxygens (including phenoxy) is 16. The van der Waals surface area contributed by atoms with Gasteiger partial charge < -0.3 is 75.8 Å². The van der Waals surface area contributed by atoms with Gasteiger partial charge in [-0.25, -0.2) is 19.2 Å². The van der Waals surface area contributed by atoms with Crippen molar-refractivity contribution in [1.29, 1.82) is 0 Å². The average Bonchev–Trinajstić information content (AvgIpc) is 0.765. The predicted octanol–water partition coefficient (Wildman–Crippen LogP) is 11.9. The van der Waals surface area contributed by atoms with E-state index in [-0.39, 0.29) is 50.6 Å². The Bertz CT molecular complexity index is 3930. The molecule has 26 heteroatoms. The van der Waals surface area contributed by atoms with E-state index in [1.807, 2.05) is 159 Å². The van der Waals surface area contributed by atoms with Crippen molar-refractivity contribution in [2.75, 3.05) is 20.8 Å². The third-order valence-electron chi connectivity index (χ3n) is 18.5. The lowest BCUT2D eigenvalue weighted by molar-refractivity contribution is -0.372. The van der Waals surface area contributed by atoms with Crippen molar-refractivity contribution in [3.63, 3.8) is 0 Å². The molecule has 26 nitrogen and oxygen atoms in total. The van der Waals surface area contributed by atoms with Crippen LogP contribution in [0.1, 0.15) is 75.7 Å². The van der Waals surface area contributed by atoms with Crippen molar-refractivity contribution in [2.24, 2.45) is 16.1 Å². The molecule has 0 spiro atoms. The third-order valence-corrected chi connectivity index (χ3v) is 18.5. The molecule has 104 heavy (non-hydrogen) atoms. The summed E-state index contributed by atoms with van der Waals surface area (Å²) < 4.78 is 106. The van der Waals surface area contributed by atoms with Crippen LogP contribution >= 0.6 is 0 Å². The fourth-order valence-electron chi connectivity index (χ4n) is 13.1. The highest BCUT2D eigenvalue weighted by atomic mass is 16.8. The van der Waals surface area contributed by atoms with Crippen LogP contribution in [0.2, 0.25) is 0 Å². The second-order valence-electron chi connectivity index (χ2n) is 25.3. The summed E-state index contributed by atoms with van der Waals surface area (Å²) in [6, 6.07) is 60.3. The zero-order valence-corrected chi connectivity index (χ0v) is 58.1. The molecule has 0 N–H and O–H groups in total. The van der Waals surface area contributed by atoms with Gasteiger partial charge in [0, 0.05) is 9.82 Å². The first-order chi connectivity index (χ1) is 50.9. The fraction of sp³-hybridized carbons (Fsp3) is 0.410. The first kappa shape index (κ1) is 75.7. The Balaban J connectivity index is 0.960. The van der Waals surface area contributed by atoms with Crippen LogP contribution in [-0.4, -0.2) is 161 Å². The van der Waals surface area contributed by atoms with Crippen LogP contribution in [0, 0.1) is 5.92 Å². The molecule has 0 aliphatic carbocycles. The van der Waals surface area contributed by atoms with E-state index >= 15 is 0 Å². The number of carbonyl (C=O) groups is 4. The van der Waals surface area contributed by atoms with E-state index in [4.69, 9.17) is 75.8 Å². The van der Waals surface area contributed by atoms with Gasteiger partial charge in [-0.2, -0.15) is 0 Å². The Morgan fingerprint density at radius 2 is 0.760 bits per heavy atom. The van der Waals surface area contributed by atoms with Gasteiger partial charge in [-0.05, 0) is 82.4 Å². The Morgan fingerprint density at radius 1 is 0.394 bits per heavy atom. The highest BCUT2D eigenvalue weighted by Crippen LogP contribution is 2.42. The number of rotatable bonds is 31. The molecule has 546 valence electrons. The molecule has 4 aliphatic rings. The molecule has 0 aromatic heterocycles. The van der Waals surface area contributed by atoms with Crippen LogP contribution in [-0.2, 0) is 118 Å². The highest BCUT2D eigenvalue weighted by Gasteiger charge is 2.59. The smallest absolute Gasteiger partial charge is 0.338 e. The molecule has 0 bridgehead atoms. The van der Waals surface area contributed by atoms with Gasteiger partial charge in [0.15, 0.2) is 37.2 Å². The Hall–Kier alpha value is -9.44. The number of hydrogen-bond acceptors (Lipinski definition) is 22. The number of benzene rings is 7. The molecular weight excluding hydrogens is 1340 g/mol. The number of carbonyl (C=O) groups excluding carboxylic acids is 4. The fourth-order valence-corrected chi connectivity index (χ4v) is 13.1. The first-order valence-electron chi connectivity index (χ1n) is 34.4. The molecule has 0 radical (unpaired) electrons. The molecule has 4 saturated heterocycles. The van der Waals surface area contributed by atoms with E-state index in [9.17, 15) is 30.2 Å². The SMILES string of the molecule is CCC1O[C@@H](O[C@H]2C(C(=O)OC)O[C@H](C)C(OC(=O)c3ccccc3)[C@H]2OCc2ccccc2)C(N=[N+]=[N-])[C@@H](C)[C@@H]1O[C@@H]1OC(C(=O)OC)[C@@H](O[C@H]2OC(COC(=O)c3ccccc3)[C@@H](OCc3ccccc3)[C@@H](OCc3ccccc3)C2N=[N+]=[N-])[C@@H](OCc2ccccc2)C1OCc1ccccc1. The molecule has 4 heterocycles. The van der Waals surface area contributed by atoms with Gasteiger partial charge >= 0.3 is 23.9 Å². The summed E-state index contributed by atoms with van der Waals surface area (Å²) in [4.78, 5) is 63.4. The average molecular weight is 1430 g/mol. The molecule has 11 rings (SSSR count). The maximum absolute atomic E-state index is 14.9. The number of hydrogen-bond donors (Lipinski definition) is 0. The number of azide groups is 2. The van der Waals surface area contributed by atoms with Gasteiger partial charge in [0.1, 0.15) is 61.5 Å². The number of nitrogens with zero attached hydrogens (tertiary/aromatic N) is 6.